The van der Waals surface area contributed by atoms with Crippen LogP contribution in [0.1, 0.15) is 81.6 Å². The maximum Gasteiger partial charge on any atom is 0.410 e. The second-order valence-electron chi connectivity index (χ2n) is 14.4. The van der Waals surface area contributed by atoms with E-state index in [4.69, 9.17) is 14.2 Å². The Bertz CT molecular complexity index is 1750. The maximum atomic E-state index is 13.6. The van der Waals surface area contributed by atoms with Crippen molar-refractivity contribution in [2.45, 2.75) is 78.7 Å². The topological polar surface area (TPSA) is 136 Å². The van der Waals surface area contributed by atoms with Crippen LogP contribution in [0.2, 0.25) is 0 Å². The van der Waals surface area contributed by atoms with Gasteiger partial charge in [0, 0.05) is 36.6 Å². The number of aryl methyl sites for hydroxylation is 1. The van der Waals surface area contributed by atoms with E-state index in [9.17, 15) is 18.0 Å². The fourth-order valence-corrected chi connectivity index (χ4v) is 5.95. The molecule has 11 nitrogen and oxygen atoms in total. The van der Waals surface area contributed by atoms with Gasteiger partial charge in [-0.1, -0.05) is 26.8 Å². The highest BCUT2D eigenvalue weighted by Gasteiger charge is 2.27. The molecule has 2 amide bonds. The number of nitrogens with one attached hydrogen (secondary N) is 2. The molecule has 0 radical (unpaired) electrons. The Kier molecular flexibility index (Phi) is 11.0. The van der Waals surface area contributed by atoms with Crippen molar-refractivity contribution in [3.05, 3.63) is 71.0 Å². The number of likely N-dealkylation sites (tertiary alicyclic amines) is 1. The van der Waals surface area contributed by atoms with Crippen LogP contribution in [-0.2, 0) is 26.6 Å². The van der Waals surface area contributed by atoms with E-state index in [0.717, 1.165) is 42.3 Å². The largest absolute Gasteiger partial charge is 0.492 e. The number of amides is 2. The minimum absolute atomic E-state index is 0.199. The highest BCUT2D eigenvalue weighted by Crippen LogP contribution is 2.39. The number of sulfonamides is 1. The second kappa shape index (κ2) is 14.4. The zero-order valence-corrected chi connectivity index (χ0v) is 30.2. The van der Waals surface area contributed by atoms with Crippen molar-refractivity contribution in [3.8, 4) is 17.2 Å². The number of nitrogens with zero attached hydrogens (tertiary/aromatic N) is 2. The van der Waals surface area contributed by atoms with Crippen LogP contribution >= 0.6 is 0 Å². The number of pyridine rings is 1. The molecule has 0 saturated carbocycles. The van der Waals surface area contributed by atoms with E-state index >= 15 is 0 Å². The van der Waals surface area contributed by atoms with Crippen LogP contribution in [0.5, 0.6) is 17.2 Å². The second-order valence-corrected chi connectivity index (χ2v) is 16.1. The molecule has 1 saturated heterocycles. The molecule has 0 spiro atoms. The summed E-state index contributed by atoms with van der Waals surface area (Å²) in [6, 6.07) is 12.4. The Morgan fingerprint density at radius 3 is 2.25 bits per heavy atom. The lowest BCUT2D eigenvalue weighted by Crippen LogP contribution is -2.42. The van der Waals surface area contributed by atoms with E-state index in [2.05, 4.69) is 15.0 Å². The average molecular weight is 681 g/mol. The Morgan fingerprint density at radius 2 is 1.65 bits per heavy atom. The molecule has 260 valence electrons. The first kappa shape index (κ1) is 36.5. The third-order valence-corrected chi connectivity index (χ3v) is 8.52. The lowest BCUT2D eigenvalue weighted by atomic mass is 9.86. The van der Waals surface area contributed by atoms with Crippen LogP contribution in [0, 0.1) is 12.8 Å². The Morgan fingerprint density at radius 1 is 0.979 bits per heavy atom. The first-order chi connectivity index (χ1) is 22.3. The van der Waals surface area contributed by atoms with Crippen LogP contribution in [0.4, 0.5) is 16.2 Å². The number of benzene rings is 2. The summed E-state index contributed by atoms with van der Waals surface area (Å²) in [7, 11) is -2.20. The number of aromatic nitrogens is 1. The average Bonchev–Trinajstić information content (AvgIpc) is 2.96. The number of methoxy groups -OCH3 is 1. The number of piperidine rings is 1. The van der Waals surface area contributed by atoms with E-state index < -0.39 is 21.5 Å². The third-order valence-electron chi connectivity index (χ3n) is 7.93. The van der Waals surface area contributed by atoms with Crippen LogP contribution < -0.4 is 19.5 Å². The van der Waals surface area contributed by atoms with Crippen LogP contribution in [-0.4, -0.2) is 62.4 Å². The Labute approximate surface area is 284 Å². The smallest absolute Gasteiger partial charge is 0.410 e. The van der Waals surface area contributed by atoms with Crippen molar-refractivity contribution < 1.29 is 32.2 Å². The summed E-state index contributed by atoms with van der Waals surface area (Å²) in [6.45, 7) is 14.8. The van der Waals surface area contributed by atoms with Crippen LogP contribution in [0.15, 0.2) is 48.7 Å². The molecule has 1 fully saturated rings. The van der Waals surface area contributed by atoms with Gasteiger partial charge in [-0.15, -0.1) is 0 Å². The molecule has 12 heteroatoms. The van der Waals surface area contributed by atoms with Gasteiger partial charge in [-0.2, -0.15) is 0 Å². The summed E-state index contributed by atoms with van der Waals surface area (Å²) < 4.78 is 44.1. The lowest BCUT2D eigenvalue weighted by molar-refractivity contribution is 0.0184. The molecule has 0 unspecified atom stereocenters. The van der Waals surface area contributed by atoms with E-state index in [1.165, 1.54) is 7.11 Å². The van der Waals surface area contributed by atoms with Gasteiger partial charge in [0.1, 0.15) is 17.1 Å². The van der Waals surface area contributed by atoms with Gasteiger partial charge >= 0.3 is 6.09 Å². The number of anilines is 2. The van der Waals surface area contributed by atoms with Crippen molar-refractivity contribution >= 4 is 33.4 Å². The van der Waals surface area contributed by atoms with Crippen molar-refractivity contribution in [2.75, 3.05) is 36.5 Å². The molecule has 1 aliphatic rings. The summed E-state index contributed by atoms with van der Waals surface area (Å²) >= 11 is 0. The van der Waals surface area contributed by atoms with E-state index in [1.54, 1.807) is 41.4 Å². The van der Waals surface area contributed by atoms with Crippen molar-refractivity contribution in [2.24, 2.45) is 5.92 Å². The first-order valence-corrected chi connectivity index (χ1v) is 17.9. The molecule has 1 aliphatic heterocycles. The lowest BCUT2D eigenvalue weighted by Gasteiger charge is -2.33. The predicted molar refractivity (Wildman–Crippen MR) is 188 cm³/mol. The van der Waals surface area contributed by atoms with Gasteiger partial charge in [-0.25, -0.2) is 13.2 Å². The van der Waals surface area contributed by atoms with Gasteiger partial charge in [0.2, 0.25) is 10.0 Å². The summed E-state index contributed by atoms with van der Waals surface area (Å²) in [5.41, 5.74) is 2.59. The van der Waals surface area contributed by atoms with Crippen molar-refractivity contribution in [1.29, 1.82) is 0 Å². The normalized spacial score (nSPS) is 14.3. The Balaban J connectivity index is 1.48. The number of hydrogen-bond acceptors (Lipinski definition) is 8. The van der Waals surface area contributed by atoms with Gasteiger partial charge in [-0.3, -0.25) is 14.5 Å². The fourth-order valence-electron chi connectivity index (χ4n) is 5.40. The molecule has 2 heterocycles. The van der Waals surface area contributed by atoms with E-state index in [1.807, 2.05) is 60.6 Å². The molecule has 0 atom stereocenters. The third kappa shape index (κ3) is 10.1. The molecular weight excluding hydrogens is 632 g/mol. The van der Waals surface area contributed by atoms with Gasteiger partial charge in [0.25, 0.3) is 5.91 Å². The Hall–Kier alpha value is -4.32. The van der Waals surface area contributed by atoms with Gasteiger partial charge in [0.05, 0.1) is 24.7 Å². The minimum Gasteiger partial charge on any atom is -0.492 e. The zero-order chi connectivity index (χ0) is 35.4. The van der Waals surface area contributed by atoms with E-state index in [0.29, 0.717) is 41.8 Å². The molecule has 0 aliphatic carbocycles. The maximum absolute atomic E-state index is 13.6. The molecule has 4 rings (SSSR count). The highest BCUT2D eigenvalue weighted by molar-refractivity contribution is 7.92. The van der Waals surface area contributed by atoms with Gasteiger partial charge < -0.3 is 24.4 Å². The number of rotatable bonds is 9. The van der Waals surface area contributed by atoms with Gasteiger partial charge in [-0.05, 0) is 99.7 Å². The zero-order valence-electron chi connectivity index (χ0n) is 29.4. The molecule has 48 heavy (non-hydrogen) atoms. The summed E-state index contributed by atoms with van der Waals surface area (Å²) in [5, 5.41) is 2.91. The summed E-state index contributed by atoms with van der Waals surface area (Å²) in [4.78, 5) is 32.3. The summed E-state index contributed by atoms with van der Waals surface area (Å²) in [5.74, 6) is 1.28. The molecule has 0 bridgehead atoms. The number of carbonyl (C=O) groups excluding carboxylic acids is 2. The number of carbonyl (C=O) groups is 2. The number of ether oxygens (including phenoxy) is 3. The van der Waals surface area contributed by atoms with Crippen molar-refractivity contribution in [1.82, 2.24) is 9.88 Å². The molecule has 3 aromatic rings. The predicted octanol–water partition coefficient (Wildman–Crippen LogP) is 7.30. The quantitative estimate of drug-likeness (QED) is 0.240. The highest BCUT2D eigenvalue weighted by atomic mass is 32.2. The van der Waals surface area contributed by atoms with Crippen molar-refractivity contribution in [3.63, 3.8) is 0 Å². The van der Waals surface area contributed by atoms with Crippen LogP contribution in [0.25, 0.3) is 0 Å². The molecule has 1 aromatic heterocycles. The molecular formula is C36H48N4O7S. The minimum atomic E-state index is -3.61. The standard InChI is InChI=1S/C36H48N4O7S/c1-23-10-11-25(33(41)38-29-20-26(35(2,3)4)21-30(32(29)45-8)39-48(9,43)44)19-31(23)46-28-12-15-37-27(22-28)18-24-13-16-40(17-14-24)34(42)47-36(5,6)7/h10-12,15,19-22,24,39H,13-14,16-18H2,1-9H3,(H,38,41). The van der Waals surface area contributed by atoms with Gasteiger partial charge in [0.15, 0.2) is 5.75 Å². The van der Waals surface area contributed by atoms with Crippen LogP contribution in [0.3, 0.4) is 0 Å². The van der Waals surface area contributed by atoms with E-state index in [-0.39, 0.29) is 22.9 Å². The molecule has 2 N–H and O–H groups in total. The number of hydrogen-bond donors (Lipinski definition) is 2. The monoisotopic (exact) mass is 680 g/mol. The SMILES string of the molecule is COc1c(NC(=O)c2ccc(C)c(Oc3ccnc(CC4CCN(C(=O)OC(C)(C)C)CC4)c3)c2)cc(C(C)(C)C)cc1NS(C)(=O)=O. The fraction of sp³-hybridized carbons (Fsp3) is 0.472. The first-order valence-electron chi connectivity index (χ1n) is 16.0. The molecule has 2 aromatic carbocycles. The summed E-state index contributed by atoms with van der Waals surface area (Å²) in [6.07, 6.45) is 4.97.